The summed E-state index contributed by atoms with van der Waals surface area (Å²) in [6.07, 6.45) is 0.609. The fraction of sp³-hybridized carbons (Fsp3) is 0.417. The second-order valence-corrected chi connectivity index (χ2v) is 8.00. The number of carbonyl (C=O) groups is 1. The fourth-order valence-electron chi connectivity index (χ4n) is 1.16. The lowest BCUT2D eigenvalue weighted by Crippen LogP contribution is -2.22. The number of halogens is 1. The molecule has 1 aromatic carbocycles. The zero-order chi connectivity index (χ0) is 14.0. The van der Waals surface area contributed by atoms with E-state index in [0.717, 1.165) is 4.47 Å². The maximum atomic E-state index is 12.3. The van der Waals surface area contributed by atoms with Gasteiger partial charge in [-0.15, -0.1) is 4.36 Å². The van der Waals surface area contributed by atoms with Crippen LogP contribution in [0.1, 0.15) is 20.8 Å². The van der Waals surface area contributed by atoms with E-state index in [9.17, 15) is 9.00 Å². The monoisotopic (exact) mass is 333 g/mol. The molecule has 0 saturated heterocycles. The zero-order valence-electron chi connectivity index (χ0n) is 10.8. The number of ether oxygens (including phenoxy) is 1. The van der Waals surface area contributed by atoms with E-state index >= 15 is 0 Å². The van der Waals surface area contributed by atoms with Crippen LogP contribution >= 0.6 is 15.9 Å². The molecule has 0 aliphatic rings. The number of benzene rings is 1. The number of hydrogen-bond donors (Lipinski definition) is 0. The number of nitrogens with zero attached hydrogens (tertiary/aromatic N) is 1. The van der Waals surface area contributed by atoms with Crippen LogP contribution in [0.2, 0.25) is 0 Å². The lowest BCUT2D eigenvalue weighted by atomic mass is 10.2. The van der Waals surface area contributed by atoms with Crippen LogP contribution in [0.4, 0.5) is 4.79 Å². The molecule has 18 heavy (non-hydrogen) atoms. The topological polar surface area (TPSA) is 55.7 Å². The minimum atomic E-state index is -2.77. The normalized spacial score (nSPS) is 14.7. The summed E-state index contributed by atoms with van der Waals surface area (Å²) in [7, 11) is -2.77. The Labute approximate surface area is 116 Å². The van der Waals surface area contributed by atoms with Crippen molar-refractivity contribution in [2.45, 2.75) is 31.3 Å². The van der Waals surface area contributed by atoms with Gasteiger partial charge in [-0.05, 0) is 45.0 Å². The Hall–Kier alpha value is -0.880. The van der Waals surface area contributed by atoms with Gasteiger partial charge in [0.15, 0.2) is 0 Å². The van der Waals surface area contributed by atoms with Crippen molar-refractivity contribution in [1.82, 2.24) is 0 Å². The SMILES string of the molecule is CC(C)(C)OC(=O)N=S(C)(=O)c1ccc(Br)cc1. The Kier molecular flexibility index (Phi) is 4.55. The molecule has 1 unspecified atom stereocenters. The van der Waals surface area contributed by atoms with Crippen molar-refractivity contribution in [3.63, 3.8) is 0 Å². The predicted octanol–water partition coefficient (Wildman–Crippen LogP) is 3.84. The van der Waals surface area contributed by atoms with Crippen LogP contribution in [0.5, 0.6) is 0 Å². The van der Waals surface area contributed by atoms with E-state index in [4.69, 9.17) is 4.74 Å². The molecular weight excluding hydrogens is 318 g/mol. The smallest absolute Gasteiger partial charge is 0.442 e. The van der Waals surface area contributed by atoms with E-state index < -0.39 is 21.4 Å². The molecule has 0 aliphatic heterocycles. The van der Waals surface area contributed by atoms with Crippen LogP contribution in [0, 0.1) is 0 Å². The van der Waals surface area contributed by atoms with Gasteiger partial charge in [-0.3, -0.25) is 0 Å². The molecule has 4 nitrogen and oxygen atoms in total. The Morgan fingerprint density at radius 3 is 2.22 bits per heavy atom. The molecule has 0 aliphatic carbocycles. The zero-order valence-corrected chi connectivity index (χ0v) is 13.2. The van der Waals surface area contributed by atoms with E-state index in [1.807, 2.05) is 0 Å². The number of hydrogen-bond acceptors (Lipinski definition) is 3. The minimum absolute atomic E-state index is 0.497. The van der Waals surface area contributed by atoms with Crippen molar-refractivity contribution in [3.8, 4) is 0 Å². The second-order valence-electron chi connectivity index (χ2n) is 4.83. The lowest BCUT2D eigenvalue weighted by molar-refractivity contribution is 0.0607. The predicted molar refractivity (Wildman–Crippen MR) is 75.1 cm³/mol. The quantitative estimate of drug-likeness (QED) is 0.784. The van der Waals surface area contributed by atoms with Crippen LogP contribution < -0.4 is 0 Å². The molecule has 0 aromatic heterocycles. The second kappa shape index (κ2) is 5.40. The minimum Gasteiger partial charge on any atom is -0.442 e. The molecule has 0 heterocycles. The first kappa shape index (κ1) is 15.2. The summed E-state index contributed by atoms with van der Waals surface area (Å²) in [6, 6.07) is 6.84. The molecule has 0 N–H and O–H groups in total. The third-order valence-electron chi connectivity index (χ3n) is 1.89. The van der Waals surface area contributed by atoms with Crippen LogP contribution in [0.15, 0.2) is 38.0 Å². The molecule has 1 rings (SSSR count). The van der Waals surface area contributed by atoms with Gasteiger partial charge in [-0.2, -0.15) is 0 Å². The van der Waals surface area contributed by atoms with Crippen LogP contribution in [-0.2, 0) is 14.5 Å². The van der Waals surface area contributed by atoms with Crippen molar-refractivity contribution in [1.29, 1.82) is 0 Å². The van der Waals surface area contributed by atoms with Gasteiger partial charge in [0.25, 0.3) is 0 Å². The summed E-state index contributed by atoms with van der Waals surface area (Å²) in [5, 5.41) is 0. The van der Waals surface area contributed by atoms with Crippen molar-refractivity contribution in [2.24, 2.45) is 4.36 Å². The van der Waals surface area contributed by atoms with Crippen LogP contribution in [0.3, 0.4) is 0 Å². The van der Waals surface area contributed by atoms with Crippen molar-refractivity contribution in [2.75, 3.05) is 6.26 Å². The molecule has 0 fully saturated rings. The number of rotatable bonds is 1. The average molecular weight is 334 g/mol. The van der Waals surface area contributed by atoms with Gasteiger partial charge in [0, 0.05) is 15.6 Å². The first-order chi connectivity index (χ1) is 8.10. The summed E-state index contributed by atoms with van der Waals surface area (Å²) >= 11 is 3.29. The maximum absolute atomic E-state index is 12.3. The molecular formula is C12H16BrNO3S. The number of carbonyl (C=O) groups excluding carboxylic acids is 1. The first-order valence-corrected chi connectivity index (χ1v) is 8.02. The van der Waals surface area contributed by atoms with Crippen molar-refractivity contribution >= 4 is 31.8 Å². The molecule has 1 aromatic rings. The average Bonchev–Trinajstić information content (AvgIpc) is 2.13. The number of amides is 1. The highest BCUT2D eigenvalue weighted by Crippen LogP contribution is 2.17. The molecule has 6 heteroatoms. The van der Waals surface area contributed by atoms with E-state index in [0.29, 0.717) is 4.90 Å². The summed E-state index contributed by atoms with van der Waals surface area (Å²) in [5.74, 6) is 0. The van der Waals surface area contributed by atoms with Gasteiger partial charge in [0.2, 0.25) is 0 Å². The van der Waals surface area contributed by atoms with Gasteiger partial charge in [-0.25, -0.2) is 9.00 Å². The molecule has 0 spiro atoms. The van der Waals surface area contributed by atoms with Crippen LogP contribution in [0.25, 0.3) is 0 Å². The highest BCUT2D eigenvalue weighted by atomic mass is 79.9. The van der Waals surface area contributed by atoms with Gasteiger partial charge in [0.1, 0.15) is 5.60 Å². The molecule has 0 bridgehead atoms. The third kappa shape index (κ3) is 4.78. The van der Waals surface area contributed by atoms with Gasteiger partial charge in [-0.1, -0.05) is 15.9 Å². The first-order valence-electron chi connectivity index (χ1n) is 5.31. The van der Waals surface area contributed by atoms with Crippen molar-refractivity contribution < 1.29 is 13.7 Å². The molecule has 1 amide bonds. The van der Waals surface area contributed by atoms with Gasteiger partial charge < -0.3 is 4.74 Å². The fourth-order valence-corrected chi connectivity index (χ4v) is 2.50. The Bertz CT molecular complexity index is 552. The van der Waals surface area contributed by atoms with Gasteiger partial charge in [0.05, 0.1) is 9.73 Å². The largest absolute Gasteiger partial charge is 0.442 e. The van der Waals surface area contributed by atoms with Crippen molar-refractivity contribution in [3.05, 3.63) is 28.7 Å². The van der Waals surface area contributed by atoms with Gasteiger partial charge >= 0.3 is 6.09 Å². The maximum Gasteiger partial charge on any atom is 0.442 e. The highest BCUT2D eigenvalue weighted by Gasteiger charge is 2.17. The van der Waals surface area contributed by atoms with E-state index in [-0.39, 0.29) is 0 Å². The molecule has 0 saturated carbocycles. The van der Waals surface area contributed by atoms with E-state index in [1.54, 1.807) is 45.0 Å². The Morgan fingerprint density at radius 2 is 1.78 bits per heavy atom. The molecule has 1 atom stereocenters. The summed E-state index contributed by atoms with van der Waals surface area (Å²) in [6.45, 7) is 5.20. The lowest BCUT2D eigenvalue weighted by Gasteiger charge is -2.17. The molecule has 100 valence electrons. The highest BCUT2D eigenvalue weighted by molar-refractivity contribution is 9.10. The Morgan fingerprint density at radius 1 is 1.28 bits per heavy atom. The summed E-state index contributed by atoms with van der Waals surface area (Å²) < 4.78 is 21.9. The molecule has 0 radical (unpaired) electrons. The summed E-state index contributed by atoms with van der Waals surface area (Å²) in [4.78, 5) is 12.0. The summed E-state index contributed by atoms with van der Waals surface area (Å²) in [5.41, 5.74) is -0.643. The Balaban J connectivity index is 3.03. The standard InChI is InChI=1S/C12H16BrNO3S/c1-12(2,3)17-11(15)14-18(4,16)10-7-5-9(13)6-8-10/h5-8H,1-4H3. The third-order valence-corrected chi connectivity index (χ3v) is 4.07. The van der Waals surface area contributed by atoms with E-state index in [2.05, 4.69) is 20.3 Å². The van der Waals surface area contributed by atoms with Crippen LogP contribution in [-0.4, -0.2) is 22.2 Å². The van der Waals surface area contributed by atoms with E-state index in [1.165, 1.54) is 6.26 Å².